The van der Waals surface area contributed by atoms with Gasteiger partial charge in [0.25, 0.3) is 0 Å². The molecule has 74 valence electrons. The maximum absolute atomic E-state index is 6.01. The first-order valence-electron chi connectivity index (χ1n) is 4.60. The van der Waals surface area contributed by atoms with Crippen molar-refractivity contribution in [2.75, 3.05) is 7.11 Å². The minimum absolute atomic E-state index is 0.355. The summed E-state index contributed by atoms with van der Waals surface area (Å²) in [5.74, 6) is 0.743. The van der Waals surface area contributed by atoms with Crippen molar-refractivity contribution in [1.29, 1.82) is 0 Å². The van der Waals surface area contributed by atoms with Gasteiger partial charge in [-0.05, 0) is 36.6 Å². The third-order valence-corrected chi connectivity index (χ3v) is 2.69. The summed E-state index contributed by atoms with van der Waals surface area (Å²) in [6, 6.07) is 4.26. The molecule has 0 amide bonds. The summed E-state index contributed by atoms with van der Waals surface area (Å²) >= 11 is 6.01. The molecule has 0 saturated carbocycles. The van der Waals surface area contributed by atoms with Crippen molar-refractivity contribution in [1.82, 2.24) is 0 Å². The van der Waals surface area contributed by atoms with E-state index in [9.17, 15) is 0 Å². The lowest BCUT2D eigenvalue weighted by molar-refractivity contribution is 0.414. The van der Waals surface area contributed by atoms with Gasteiger partial charge in [-0.15, -0.1) is 0 Å². The molecule has 1 heterocycles. The van der Waals surface area contributed by atoms with Gasteiger partial charge in [0.05, 0.1) is 18.2 Å². The van der Waals surface area contributed by atoms with Crippen molar-refractivity contribution in [3.8, 4) is 5.75 Å². The number of hydrogen-bond donors (Lipinski definition) is 0. The van der Waals surface area contributed by atoms with E-state index in [1.807, 2.05) is 18.3 Å². The van der Waals surface area contributed by atoms with Gasteiger partial charge in [-0.2, -0.15) is 0 Å². The van der Waals surface area contributed by atoms with Crippen molar-refractivity contribution >= 4 is 17.8 Å². The Morgan fingerprint density at radius 1 is 1.50 bits per heavy atom. The summed E-state index contributed by atoms with van der Waals surface area (Å²) in [7, 11) is 1.63. The summed E-state index contributed by atoms with van der Waals surface area (Å²) in [4.78, 5) is 4.34. The van der Waals surface area contributed by atoms with Crippen LogP contribution in [0, 0.1) is 0 Å². The van der Waals surface area contributed by atoms with Crippen molar-refractivity contribution in [2.24, 2.45) is 4.99 Å². The number of methoxy groups -OCH3 is 1. The number of halogens is 1. The molecule has 0 aliphatic carbocycles. The van der Waals surface area contributed by atoms with Crippen LogP contribution in [0.15, 0.2) is 17.1 Å². The van der Waals surface area contributed by atoms with E-state index < -0.39 is 0 Å². The number of nitrogens with zero attached hydrogens (tertiary/aromatic N) is 1. The van der Waals surface area contributed by atoms with Crippen LogP contribution >= 0.6 is 11.6 Å². The van der Waals surface area contributed by atoms with E-state index in [1.54, 1.807) is 7.11 Å². The van der Waals surface area contributed by atoms with Crippen LogP contribution in [0.3, 0.4) is 0 Å². The SMILES string of the molecule is COc1cc2c(cc1Cl)C=N[C@H](C)C2. The number of hydrogen-bond acceptors (Lipinski definition) is 2. The molecule has 1 aromatic rings. The van der Waals surface area contributed by atoms with Gasteiger partial charge in [-0.25, -0.2) is 0 Å². The second-order valence-corrected chi connectivity index (χ2v) is 3.92. The molecular formula is C11H12ClNO. The van der Waals surface area contributed by atoms with Gasteiger partial charge < -0.3 is 4.74 Å². The number of ether oxygens (including phenoxy) is 1. The summed E-state index contributed by atoms with van der Waals surface area (Å²) in [6.45, 7) is 2.10. The first kappa shape index (κ1) is 9.53. The van der Waals surface area contributed by atoms with Crippen LogP contribution in [0.2, 0.25) is 5.02 Å². The van der Waals surface area contributed by atoms with Crippen LogP contribution in [-0.4, -0.2) is 19.4 Å². The average molecular weight is 210 g/mol. The number of aliphatic imine (C=N–C) groups is 1. The van der Waals surface area contributed by atoms with Crippen molar-refractivity contribution in [3.63, 3.8) is 0 Å². The van der Waals surface area contributed by atoms with E-state index in [0.29, 0.717) is 11.1 Å². The van der Waals surface area contributed by atoms with Crippen LogP contribution in [0.4, 0.5) is 0 Å². The molecule has 0 N–H and O–H groups in total. The highest BCUT2D eigenvalue weighted by Crippen LogP contribution is 2.29. The van der Waals surface area contributed by atoms with Crippen LogP contribution < -0.4 is 4.74 Å². The minimum Gasteiger partial charge on any atom is -0.495 e. The minimum atomic E-state index is 0.355. The normalized spacial score (nSPS) is 19.2. The quantitative estimate of drug-likeness (QED) is 0.697. The van der Waals surface area contributed by atoms with Crippen molar-refractivity contribution in [3.05, 3.63) is 28.3 Å². The molecular weight excluding hydrogens is 198 g/mol. The number of fused-ring (bicyclic) bond motifs is 1. The molecule has 0 saturated heterocycles. The van der Waals surface area contributed by atoms with Gasteiger partial charge in [0, 0.05) is 6.21 Å². The third-order valence-electron chi connectivity index (χ3n) is 2.40. The largest absolute Gasteiger partial charge is 0.495 e. The molecule has 2 nitrogen and oxygen atoms in total. The molecule has 1 atom stereocenters. The summed E-state index contributed by atoms with van der Waals surface area (Å²) in [6.07, 6.45) is 2.84. The van der Waals surface area contributed by atoms with E-state index in [1.165, 1.54) is 5.56 Å². The summed E-state index contributed by atoms with van der Waals surface area (Å²) in [5.41, 5.74) is 2.36. The Hall–Kier alpha value is -1.02. The first-order chi connectivity index (χ1) is 6.70. The van der Waals surface area contributed by atoms with Crippen molar-refractivity contribution < 1.29 is 4.74 Å². The average Bonchev–Trinajstić information content (AvgIpc) is 2.17. The molecule has 0 bridgehead atoms. The van der Waals surface area contributed by atoms with Gasteiger partial charge in [-0.1, -0.05) is 11.6 Å². The fourth-order valence-electron chi connectivity index (χ4n) is 1.64. The highest BCUT2D eigenvalue weighted by molar-refractivity contribution is 6.32. The molecule has 3 heteroatoms. The second-order valence-electron chi connectivity index (χ2n) is 3.52. The maximum atomic E-state index is 6.01. The Kier molecular flexibility index (Phi) is 2.46. The molecule has 1 aliphatic rings. The van der Waals surface area contributed by atoms with Gasteiger partial charge in [-0.3, -0.25) is 4.99 Å². The highest BCUT2D eigenvalue weighted by Gasteiger charge is 2.13. The summed E-state index contributed by atoms with van der Waals surface area (Å²) in [5, 5.41) is 0.646. The molecule has 0 unspecified atom stereocenters. The molecule has 14 heavy (non-hydrogen) atoms. The lowest BCUT2D eigenvalue weighted by Gasteiger charge is -2.16. The molecule has 1 aliphatic heterocycles. The predicted octanol–water partition coefficient (Wildman–Crippen LogP) is 2.71. The Balaban J connectivity index is 2.48. The Morgan fingerprint density at radius 2 is 2.29 bits per heavy atom. The van der Waals surface area contributed by atoms with Crippen LogP contribution in [0.25, 0.3) is 0 Å². The van der Waals surface area contributed by atoms with E-state index in [2.05, 4.69) is 11.9 Å². The van der Waals surface area contributed by atoms with Gasteiger partial charge >= 0.3 is 0 Å². The van der Waals surface area contributed by atoms with E-state index in [-0.39, 0.29) is 0 Å². The third kappa shape index (κ3) is 1.62. The fourth-order valence-corrected chi connectivity index (χ4v) is 1.89. The Labute approximate surface area is 88.6 Å². The second kappa shape index (κ2) is 3.62. The zero-order valence-electron chi connectivity index (χ0n) is 8.25. The number of benzene rings is 1. The summed E-state index contributed by atoms with van der Waals surface area (Å²) < 4.78 is 5.17. The molecule has 0 spiro atoms. The monoisotopic (exact) mass is 209 g/mol. The topological polar surface area (TPSA) is 21.6 Å². The van der Waals surface area contributed by atoms with Crippen molar-refractivity contribution in [2.45, 2.75) is 19.4 Å². The molecule has 0 aromatic heterocycles. The molecule has 0 fully saturated rings. The number of rotatable bonds is 1. The smallest absolute Gasteiger partial charge is 0.137 e. The van der Waals surface area contributed by atoms with Crippen LogP contribution in [0.5, 0.6) is 5.75 Å². The van der Waals surface area contributed by atoms with Gasteiger partial charge in [0.1, 0.15) is 5.75 Å². The first-order valence-corrected chi connectivity index (χ1v) is 4.98. The Morgan fingerprint density at radius 3 is 3.00 bits per heavy atom. The highest BCUT2D eigenvalue weighted by atomic mass is 35.5. The molecule has 0 radical (unpaired) electrons. The Bertz CT molecular complexity index is 387. The van der Waals surface area contributed by atoms with E-state index in [4.69, 9.17) is 16.3 Å². The van der Waals surface area contributed by atoms with Gasteiger partial charge in [0.2, 0.25) is 0 Å². The lowest BCUT2D eigenvalue weighted by atomic mass is 9.99. The van der Waals surface area contributed by atoms with Crippen LogP contribution in [-0.2, 0) is 6.42 Å². The zero-order chi connectivity index (χ0) is 10.1. The van der Waals surface area contributed by atoms with Crippen LogP contribution in [0.1, 0.15) is 18.1 Å². The van der Waals surface area contributed by atoms with Gasteiger partial charge in [0.15, 0.2) is 0 Å². The molecule has 1 aromatic carbocycles. The van der Waals surface area contributed by atoms with E-state index >= 15 is 0 Å². The molecule has 2 rings (SSSR count). The fraction of sp³-hybridized carbons (Fsp3) is 0.364. The standard InChI is InChI=1S/C11H12ClNO/c1-7-3-8-5-11(14-2)10(12)4-9(8)6-13-7/h4-7H,3H2,1-2H3/t7-/m1/s1. The maximum Gasteiger partial charge on any atom is 0.137 e. The predicted molar refractivity (Wildman–Crippen MR) is 58.8 cm³/mol. The van der Waals surface area contributed by atoms with E-state index in [0.717, 1.165) is 17.7 Å². The lowest BCUT2D eigenvalue weighted by Crippen LogP contribution is -2.11. The zero-order valence-corrected chi connectivity index (χ0v) is 9.01.